The predicted molar refractivity (Wildman–Crippen MR) is 146 cm³/mol. The van der Waals surface area contributed by atoms with Gasteiger partial charge in [0.2, 0.25) is 0 Å². The Morgan fingerprint density at radius 2 is 1.64 bits per heavy atom. The van der Waals surface area contributed by atoms with Crippen LogP contribution in [0.2, 0.25) is 0 Å². The standard InChI is InChI=1S/C30H29F3N4O2/c1-19-4-7-24(8-5-19)37-28(38)29(20(2)34-37)17-21-16-22(30(31,32)33)6-13-26(21)36-15-14-35(18-27(29)36)23-9-11-25(39-3)12-10-23/h4-13,16,27H,14-15,17-18H2,1-3H3. The number of amides is 1. The van der Waals surface area contributed by atoms with E-state index in [0.717, 1.165) is 28.8 Å². The molecule has 1 amide bonds. The van der Waals surface area contributed by atoms with Crippen LogP contribution in [0.4, 0.5) is 30.2 Å². The summed E-state index contributed by atoms with van der Waals surface area (Å²) in [5, 5.41) is 6.15. The zero-order valence-electron chi connectivity index (χ0n) is 22.0. The lowest BCUT2D eigenvalue weighted by Gasteiger charge is -2.53. The molecule has 9 heteroatoms. The number of alkyl halides is 3. The Morgan fingerprint density at radius 1 is 0.949 bits per heavy atom. The van der Waals surface area contributed by atoms with Gasteiger partial charge in [0, 0.05) is 31.0 Å². The molecule has 1 spiro atoms. The minimum absolute atomic E-state index is 0.153. The molecule has 1 fully saturated rings. The highest BCUT2D eigenvalue weighted by atomic mass is 19.4. The normalized spacial score (nSPS) is 22.6. The van der Waals surface area contributed by atoms with Crippen molar-refractivity contribution in [2.24, 2.45) is 10.5 Å². The summed E-state index contributed by atoms with van der Waals surface area (Å²) in [6.45, 7) is 5.53. The quantitative estimate of drug-likeness (QED) is 0.434. The minimum Gasteiger partial charge on any atom is -0.497 e. The Labute approximate surface area is 225 Å². The lowest BCUT2D eigenvalue weighted by Crippen LogP contribution is -2.67. The molecule has 1 saturated heterocycles. The predicted octanol–water partition coefficient (Wildman–Crippen LogP) is 5.68. The van der Waals surface area contributed by atoms with Crippen LogP contribution in [-0.2, 0) is 17.4 Å². The molecule has 0 radical (unpaired) electrons. The summed E-state index contributed by atoms with van der Waals surface area (Å²) in [7, 11) is 1.62. The first kappa shape index (κ1) is 25.3. The molecule has 3 aliphatic rings. The second-order valence-corrected chi connectivity index (χ2v) is 10.5. The van der Waals surface area contributed by atoms with Gasteiger partial charge in [-0.25, -0.2) is 0 Å². The lowest BCUT2D eigenvalue weighted by molar-refractivity contribution is -0.137. The summed E-state index contributed by atoms with van der Waals surface area (Å²) in [4.78, 5) is 18.7. The molecule has 0 aliphatic carbocycles. The van der Waals surface area contributed by atoms with E-state index in [9.17, 15) is 18.0 Å². The van der Waals surface area contributed by atoms with Gasteiger partial charge in [0.05, 0.1) is 30.1 Å². The van der Waals surface area contributed by atoms with Crippen LogP contribution in [-0.4, -0.2) is 44.4 Å². The molecule has 3 aromatic carbocycles. The van der Waals surface area contributed by atoms with Gasteiger partial charge in [-0.15, -0.1) is 0 Å². The topological polar surface area (TPSA) is 48.4 Å². The number of fused-ring (bicyclic) bond motifs is 4. The fourth-order valence-electron chi connectivity index (χ4n) is 6.20. The van der Waals surface area contributed by atoms with Gasteiger partial charge in [-0.05, 0) is 80.4 Å². The van der Waals surface area contributed by atoms with Crippen LogP contribution in [0.15, 0.2) is 71.8 Å². The van der Waals surface area contributed by atoms with Crippen molar-refractivity contribution in [2.45, 2.75) is 32.5 Å². The minimum atomic E-state index is -4.47. The van der Waals surface area contributed by atoms with Crippen molar-refractivity contribution in [1.29, 1.82) is 0 Å². The van der Waals surface area contributed by atoms with Crippen LogP contribution in [0, 0.1) is 12.3 Å². The fraction of sp³-hybridized carbons (Fsp3) is 0.333. The number of methoxy groups -OCH3 is 1. The summed E-state index contributed by atoms with van der Waals surface area (Å²) < 4.78 is 46.4. The summed E-state index contributed by atoms with van der Waals surface area (Å²) in [6, 6.07) is 18.9. The van der Waals surface area contributed by atoms with Crippen LogP contribution in [0.25, 0.3) is 0 Å². The van der Waals surface area contributed by atoms with Crippen molar-refractivity contribution in [3.8, 4) is 5.75 Å². The number of hydrogen-bond acceptors (Lipinski definition) is 5. The van der Waals surface area contributed by atoms with Crippen LogP contribution in [0.1, 0.15) is 23.6 Å². The third kappa shape index (κ3) is 4.02. The number of carbonyl (C=O) groups is 1. The van der Waals surface area contributed by atoms with Crippen LogP contribution >= 0.6 is 0 Å². The molecular weight excluding hydrogens is 505 g/mol. The first-order valence-corrected chi connectivity index (χ1v) is 12.9. The Morgan fingerprint density at radius 3 is 2.31 bits per heavy atom. The number of ether oxygens (including phenoxy) is 1. The summed E-state index contributed by atoms with van der Waals surface area (Å²) >= 11 is 0. The molecule has 3 aromatic rings. The third-order valence-electron chi connectivity index (χ3n) is 8.32. The number of benzene rings is 3. The second kappa shape index (κ2) is 9.03. The molecular formula is C30H29F3N4O2. The Hall–Kier alpha value is -4.01. The number of hydrogen-bond donors (Lipinski definition) is 0. The van der Waals surface area contributed by atoms with Crippen molar-refractivity contribution in [3.63, 3.8) is 0 Å². The van der Waals surface area contributed by atoms with Crippen molar-refractivity contribution < 1.29 is 22.7 Å². The van der Waals surface area contributed by atoms with E-state index in [1.807, 2.05) is 62.4 Å². The number of piperazine rings is 1. The molecule has 0 aromatic heterocycles. The maximum Gasteiger partial charge on any atom is 0.416 e. The Balaban J connectivity index is 1.45. The smallest absolute Gasteiger partial charge is 0.416 e. The van der Waals surface area contributed by atoms with Gasteiger partial charge in [-0.2, -0.15) is 23.3 Å². The average Bonchev–Trinajstić information content (AvgIpc) is 3.18. The van der Waals surface area contributed by atoms with E-state index in [0.29, 0.717) is 36.6 Å². The second-order valence-electron chi connectivity index (χ2n) is 10.5. The van der Waals surface area contributed by atoms with Crippen molar-refractivity contribution in [1.82, 2.24) is 0 Å². The summed E-state index contributed by atoms with van der Waals surface area (Å²) in [5.41, 5.74) is 2.78. The summed E-state index contributed by atoms with van der Waals surface area (Å²) in [6.07, 6.45) is -4.32. The van der Waals surface area contributed by atoms with Crippen molar-refractivity contribution in [3.05, 3.63) is 83.4 Å². The molecule has 0 N–H and O–H groups in total. The molecule has 3 aliphatic heterocycles. The average molecular weight is 535 g/mol. The molecule has 2 atom stereocenters. The molecule has 202 valence electrons. The van der Waals surface area contributed by atoms with Gasteiger partial charge in [0.1, 0.15) is 11.2 Å². The van der Waals surface area contributed by atoms with E-state index in [1.54, 1.807) is 13.2 Å². The molecule has 6 rings (SSSR count). The molecule has 0 bridgehead atoms. The Bertz CT molecular complexity index is 1450. The highest BCUT2D eigenvalue weighted by molar-refractivity contribution is 6.20. The zero-order chi connectivity index (χ0) is 27.5. The number of nitrogens with zero attached hydrogens (tertiary/aromatic N) is 4. The number of rotatable bonds is 3. The molecule has 0 saturated carbocycles. The van der Waals surface area contributed by atoms with Crippen LogP contribution in [0.3, 0.4) is 0 Å². The summed E-state index contributed by atoms with van der Waals surface area (Å²) in [5.74, 6) is 0.544. The van der Waals surface area contributed by atoms with E-state index < -0.39 is 17.2 Å². The van der Waals surface area contributed by atoms with Crippen LogP contribution < -0.4 is 19.5 Å². The SMILES string of the molecule is COc1ccc(N2CCN3c4ccc(C(F)(F)F)cc4CC4(C(=O)N(c5ccc(C)cc5)N=C4C)C3C2)cc1. The maximum atomic E-state index is 14.4. The first-order chi connectivity index (χ1) is 18.6. The van der Waals surface area contributed by atoms with Gasteiger partial charge in [0.15, 0.2) is 0 Å². The highest BCUT2D eigenvalue weighted by Gasteiger charge is 2.60. The van der Waals surface area contributed by atoms with Gasteiger partial charge in [0.25, 0.3) is 5.91 Å². The van der Waals surface area contributed by atoms with E-state index >= 15 is 0 Å². The molecule has 6 nitrogen and oxygen atoms in total. The maximum absolute atomic E-state index is 14.4. The van der Waals surface area contributed by atoms with E-state index in [1.165, 1.54) is 11.1 Å². The van der Waals surface area contributed by atoms with Gasteiger partial charge < -0.3 is 14.5 Å². The third-order valence-corrected chi connectivity index (χ3v) is 8.32. The number of halogens is 3. The first-order valence-electron chi connectivity index (χ1n) is 12.9. The highest BCUT2D eigenvalue weighted by Crippen LogP contribution is 2.49. The monoisotopic (exact) mass is 534 g/mol. The van der Waals surface area contributed by atoms with E-state index in [2.05, 4.69) is 9.80 Å². The number of carbonyl (C=O) groups excluding carboxylic acids is 1. The molecule has 2 unspecified atom stereocenters. The van der Waals surface area contributed by atoms with Crippen LogP contribution in [0.5, 0.6) is 5.75 Å². The lowest BCUT2D eigenvalue weighted by atomic mass is 9.67. The largest absolute Gasteiger partial charge is 0.497 e. The Kier molecular flexibility index (Phi) is 5.86. The number of hydrazone groups is 1. The van der Waals surface area contributed by atoms with E-state index in [-0.39, 0.29) is 18.4 Å². The van der Waals surface area contributed by atoms with Gasteiger partial charge in [-0.3, -0.25) is 4.79 Å². The number of anilines is 3. The van der Waals surface area contributed by atoms with Crippen molar-refractivity contribution in [2.75, 3.05) is 41.6 Å². The van der Waals surface area contributed by atoms with Gasteiger partial charge in [-0.1, -0.05) is 17.7 Å². The molecule has 39 heavy (non-hydrogen) atoms. The van der Waals surface area contributed by atoms with Gasteiger partial charge >= 0.3 is 6.18 Å². The number of aryl methyl sites for hydroxylation is 1. The fourth-order valence-corrected chi connectivity index (χ4v) is 6.20. The zero-order valence-corrected chi connectivity index (χ0v) is 22.0. The molecule has 3 heterocycles. The van der Waals surface area contributed by atoms with E-state index in [4.69, 9.17) is 9.84 Å². The van der Waals surface area contributed by atoms with Crippen molar-refractivity contribution >= 4 is 28.7 Å².